The fourth-order valence-corrected chi connectivity index (χ4v) is 20.4. The normalized spacial score (nSPS) is 13.8. The molecular formula is C121H72N4. The van der Waals surface area contributed by atoms with Crippen LogP contribution in [0.25, 0.3) is 179 Å². The van der Waals surface area contributed by atoms with Crippen molar-refractivity contribution in [3.8, 4) is 138 Å². The lowest BCUT2D eigenvalue weighted by Gasteiger charge is -2.37. The number of nitrogens with one attached hydrogen (secondary N) is 4. The molecule has 0 amide bonds. The summed E-state index contributed by atoms with van der Waals surface area (Å²) in [5, 5.41) is 4.64. The first-order valence-electron chi connectivity index (χ1n) is 42.3. The Morgan fingerprint density at radius 2 is 0.384 bits per heavy atom. The summed E-state index contributed by atoms with van der Waals surface area (Å²) in [6.07, 6.45) is 42.4. The Morgan fingerprint density at radius 1 is 0.192 bits per heavy atom. The summed E-state index contributed by atoms with van der Waals surface area (Å²) in [6, 6.07) is 125. The molecule has 4 heteroatoms. The number of benzene rings is 16. The number of para-hydroxylation sites is 4. The third-order valence-electron chi connectivity index (χ3n) is 26.6. The Morgan fingerprint density at radius 3 is 0.600 bits per heavy atom. The number of rotatable bonds is 12. The Hall–Kier alpha value is -17.1. The van der Waals surface area contributed by atoms with Crippen molar-refractivity contribution in [2.24, 2.45) is 0 Å². The van der Waals surface area contributed by atoms with Crippen LogP contribution in [-0.2, 0) is 5.41 Å². The Bertz CT molecular complexity index is 7360. The third kappa shape index (κ3) is 11.6. The maximum atomic E-state index is 6.16. The summed E-state index contributed by atoms with van der Waals surface area (Å²) >= 11 is 0. The van der Waals surface area contributed by atoms with Crippen molar-refractivity contribution in [2.75, 3.05) is 0 Å². The molecule has 4 aliphatic rings. The molecule has 0 unspecified atom stereocenters. The largest absolute Gasteiger partial charge is 0.361 e. The molecule has 0 radical (unpaired) electrons. The average molecular weight is 1580 g/mol. The van der Waals surface area contributed by atoms with Crippen molar-refractivity contribution >= 4 is 90.2 Å². The SMILES string of the molecule is C#Cc1ccc2c(c1)/C(=C\c1c[nH]c3ccccc13)c1cc(-c3ccc(C(c4ccc(-c5ccc6c(c5)/C(=C/c5c[nH]c7ccccc57)c5cc(C#C)ccc5-6)cc4)(c4ccc(-c5ccc6c(c5)/C(=C/c5c[nH]c7ccccc57)c5cc(C#C)ccc5-6)cc4)c4ccc(-c5ccc6c(c5)/C(=C/c5c[nH]c7ccccc57)c5cc(C#C)ccc5-6)cc4)cc3)ccc1-2. The second-order valence-electron chi connectivity index (χ2n) is 33.1. The first-order valence-corrected chi connectivity index (χ1v) is 42.3. The zero-order chi connectivity index (χ0) is 83.1. The van der Waals surface area contributed by atoms with Gasteiger partial charge in [0.2, 0.25) is 0 Å². The summed E-state index contributed by atoms with van der Waals surface area (Å²) in [5.41, 5.74) is 47.4. The lowest BCUT2D eigenvalue weighted by molar-refractivity contribution is 0.745. The predicted molar refractivity (Wildman–Crippen MR) is 521 cm³/mol. The van der Waals surface area contributed by atoms with Crippen molar-refractivity contribution in [3.05, 3.63) is 476 Å². The van der Waals surface area contributed by atoms with Gasteiger partial charge in [0.1, 0.15) is 0 Å². The zero-order valence-corrected chi connectivity index (χ0v) is 67.8. The van der Waals surface area contributed by atoms with Gasteiger partial charge in [0.25, 0.3) is 0 Å². The zero-order valence-electron chi connectivity index (χ0n) is 67.8. The fourth-order valence-electron chi connectivity index (χ4n) is 20.4. The van der Waals surface area contributed by atoms with Crippen LogP contribution < -0.4 is 0 Å². The second-order valence-corrected chi connectivity index (χ2v) is 33.1. The minimum atomic E-state index is -0.936. The number of terminal acetylenes is 4. The summed E-state index contributed by atoms with van der Waals surface area (Å²) in [6.45, 7) is 0. The highest BCUT2D eigenvalue weighted by molar-refractivity contribution is 6.14. The van der Waals surface area contributed by atoms with E-state index in [1.54, 1.807) is 0 Å². The number of fused-ring (bicyclic) bond motifs is 16. The average Bonchev–Trinajstić information content (AvgIpc) is 1.58. The smallest absolute Gasteiger partial charge is 0.0701 e. The van der Waals surface area contributed by atoms with Crippen LogP contribution in [0.2, 0.25) is 0 Å². The molecule has 4 nitrogen and oxygen atoms in total. The van der Waals surface area contributed by atoms with Gasteiger partial charge in [0.15, 0.2) is 0 Å². The van der Waals surface area contributed by atoms with Gasteiger partial charge in [0.05, 0.1) is 5.41 Å². The molecule has 20 aromatic rings. The van der Waals surface area contributed by atoms with Crippen molar-refractivity contribution in [1.82, 2.24) is 19.9 Å². The molecule has 24 rings (SSSR count). The van der Waals surface area contributed by atoms with E-state index in [1.807, 2.05) is 0 Å². The molecule has 4 aliphatic carbocycles. The summed E-state index contributed by atoms with van der Waals surface area (Å²) < 4.78 is 0. The first kappa shape index (κ1) is 71.9. The number of H-pyrrole nitrogens is 4. The quantitative estimate of drug-likeness (QED) is 0.0696. The highest BCUT2D eigenvalue weighted by Crippen LogP contribution is 2.55. The van der Waals surface area contributed by atoms with Gasteiger partial charge in [-0.15, -0.1) is 25.7 Å². The van der Waals surface area contributed by atoms with Crippen molar-refractivity contribution in [2.45, 2.75) is 5.41 Å². The molecule has 0 saturated carbocycles. The topological polar surface area (TPSA) is 63.2 Å². The van der Waals surface area contributed by atoms with E-state index < -0.39 is 5.41 Å². The van der Waals surface area contributed by atoms with E-state index in [0.29, 0.717) is 0 Å². The lowest BCUT2D eigenvalue weighted by atomic mass is 9.64. The summed E-state index contributed by atoms with van der Waals surface area (Å²) in [4.78, 5) is 14.1. The number of aromatic nitrogens is 4. The first-order chi connectivity index (χ1) is 61.7. The summed E-state index contributed by atoms with van der Waals surface area (Å²) in [7, 11) is 0. The van der Waals surface area contributed by atoms with Gasteiger partial charge in [-0.05, 0) is 299 Å². The fraction of sp³-hybridized carbons (Fsp3) is 0.00826. The maximum absolute atomic E-state index is 6.16. The van der Waals surface area contributed by atoms with Gasteiger partial charge >= 0.3 is 0 Å². The Balaban J connectivity index is 0.685. The number of aromatic amines is 4. The van der Waals surface area contributed by atoms with Crippen molar-refractivity contribution in [1.29, 1.82) is 0 Å². The van der Waals surface area contributed by atoms with Gasteiger partial charge in [-0.25, -0.2) is 0 Å². The highest BCUT2D eigenvalue weighted by atomic mass is 14.7. The van der Waals surface area contributed by atoms with E-state index >= 15 is 0 Å². The molecule has 0 aliphatic heterocycles. The van der Waals surface area contributed by atoms with Crippen LogP contribution in [0.4, 0.5) is 0 Å². The molecule has 0 atom stereocenters. The molecule has 0 spiro atoms. The number of hydrogen-bond acceptors (Lipinski definition) is 0. The van der Waals surface area contributed by atoms with E-state index in [1.165, 1.54) is 22.3 Å². The molecule has 4 N–H and O–H groups in total. The molecule has 16 aromatic carbocycles. The highest BCUT2D eigenvalue weighted by Gasteiger charge is 2.40. The summed E-state index contributed by atoms with van der Waals surface area (Å²) in [5.74, 6) is 11.7. The maximum Gasteiger partial charge on any atom is 0.0701 e. The molecule has 0 fully saturated rings. The Labute approximate surface area is 724 Å². The van der Waals surface area contributed by atoms with Crippen LogP contribution in [0.15, 0.2) is 365 Å². The minimum Gasteiger partial charge on any atom is -0.361 e. The second kappa shape index (κ2) is 28.5. The van der Waals surface area contributed by atoms with Gasteiger partial charge in [0, 0.05) is 113 Å². The van der Waals surface area contributed by atoms with E-state index in [0.717, 1.165) is 244 Å². The standard InChI is InChI=1S/C121H72N4/c1-5-73-25-49-97-101-53-37-81(61-109(101)113(105(97)57-73)65-85-69-122-117-21-13-9-17-93(85)117)77-29-41-89(42-30-77)121(90-43-31-78(32-44-90)82-38-54-102-98-50-26-74(6-2)58-106(98)114(110(102)62-82)66-86-70-123-118-22-14-10-18-94(86)118,91-45-33-79(34-46-91)83-39-55-103-99-51-27-75(7-3)59-107(99)115(111(103)63-83)67-87-71-124-119-23-15-11-19-95(87)119)92-47-35-80(36-48-92)84-40-56-104-100-52-28-76(8-4)60-108(100)116(112(104)64-84)68-88-72-125-120-24-16-12-20-96(88)120/h1-4,9-72,122-125H/b113-65+,114-66+,115-67+,116-68+. The van der Waals surface area contributed by atoms with Crippen LogP contribution in [-0.4, -0.2) is 19.9 Å². The molecule has 125 heavy (non-hydrogen) atoms. The van der Waals surface area contributed by atoms with E-state index in [4.69, 9.17) is 25.7 Å². The van der Waals surface area contributed by atoms with Crippen molar-refractivity contribution < 1.29 is 0 Å². The van der Waals surface area contributed by atoms with Crippen LogP contribution in [0, 0.1) is 49.4 Å². The lowest BCUT2D eigenvalue weighted by Crippen LogP contribution is -2.31. The van der Waals surface area contributed by atoms with Gasteiger partial charge in [-0.3, -0.25) is 0 Å². The van der Waals surface area contributed by atoms with E-state index in [9.17, 15) is 0 Å². The molecular weight excluding hydrogens is 1510 g/mol. The van der Waals surface area contributed by atoms with Gasteiger partial charge in [-0.2, -0.15) is 0 Å². The van der Waals surface area contributed by atoms with Crippen LogP contribution in [0.5, 0.6) is 0 Å². The molecule has 4 heterocycles. The van der Waals surface area contributed by atoms with Gasteiger partial charge in [-0.1, -0.05) is 266 Å². The third-order valence-corrected chi connectivity index (χ3v) is 26.6. The molecule has 0 bridgehead atoms. The number of hydrogen-bond donors (Lipinski definition) is 4. The van der Waals surface area contributed by atoms with E-state index in [-0.39, 0.29) is 0 Å². The predicted octanol–water partition coefficient (Wildman–Crippen LogP) is 28.9. The van der Waals surface area contributed by atoms with Crippen LogP contribution >= 0.6 is 0 Å². The van der Waals surface area contributed by atoms with Crippen LogP contribution in [0.1, 0.15) is 111 Å². The Kier molecular flexibility index (Phi) is 16.4. The molecule has 4 aromatic heterocycles. The van der Waals surface area contributed by atoms with Gasteiger partial charge < -0.3 is 19.9 Å². The van der Waals surface area contributed by atoms with E-state index in [2.05, 4.69) is 432 Å². The van der Waals surface area contributed by atoms with Crippen LogP contribution in [0.3, 0.4) is 0 Å². The monoisotopic (exact) mass is 1580 g/mol. The minimum absolute atomic E-state index is 0.844. The van der Waals surface area contributed by atoms with Crippen molar-refractivity contribution in [3.63, 3.8) is 0 Å². The molecule has 0 saturated heterocycles. The molecule has 576 valence electrons.